The highest BCUT2D eigenvalue weighted by molar-refractivity contribution is 5.95. The molecule has 4 rings (SSSR count). The van der Waals surface area contributed by atoms with Crippen molar-refractivity contribution in [3.63, 3.8) is 0 Å². The lowest BCUT2D eigenvalue weighted by Gasteiger charge is -2.57. The van der Waals surface area contributed by atoms with Crippen LogP contribution in [-0.4, -0.2) is 30.6 Å². The summed E-state index contributed by atoms with van der Waals surface area (Å²) in [6, 6.07) is -0.380. The van der Waals surface area contributed by atoms with Crippen LogP contribution in [-0.2, 0) is 4.79 Å². The van der Waals surface area contributed by atoms with Gasteiger partial charge in [-0.15, -0.1) is 0 Å². The maximum atomic E-state index is 11.9. The zero-order chi connectivity index (χ0) is 14.9. The van der Waals surface area contributed by atoms with Crippen molar-refractivity contribution in [1.82, 2.24) is 16.0 Å². The first kappa shape index (κ1) is 14.8. The molecule has 5 nitrogen and oxygen atoms in total. The van der Waals surface area contributed by atoms with Crippen LogP contribution in [0.5, 0.6) is 0 Å². The van der Waals surface area contributed by atoms with E-state index < -0.39 is 0 Å². The molecule has 0 atom stereocenters. The molecule has 0 saturated heterocycles. The van der Waals surface area contributed by atoms with E-state index in [0.29, 0.717) is 6.54 Å². The molecule has 3 amide bonds. The molecule has 4 aliphatic carbocycles. The molecule has 0 aliphatic heterocycles. The molecule has 4 bridgehead atoms. The average molecular weight is 293 g/mol. The normalized spacial score (nSPS) is 36.5. The number of amides is 3. The van der Waals surface area contributed by atoms with Crippen molar-refractivity contribution in [2.24, 2.45) is 17.8 Å². The molecule has 118 valence electrons. The van der Waals surface area contributed by atoms with Gasteiger partial charge in [-0.05, 0) is 62.7 Å². The second kappa shape index (κ2) is 5.95. The molecule has 0 unspecified atom stereocenters. The molecule has 5 heteroatoms. The highest BCUT2D eigenvalue weighted by atomic mass is 16.2. The van der Waals surface area contributed by atoms with Crippen LogP contribution in [0.2, 0.25) is 0 Å². The van der Waals surface area contributed by atoms with Crippen LogP contribution in [0.1, 0.15) is 51.9 Å². The summed E-state index contributed by atoms with van der Waals surface area (Å²) >= 11 is 0. The molecular formula is C16H27N3O2. The average Bonchev–Trinajstić information content (AvgIpc) is 2.42. The van der Waals surface area contributed by atoms with E-state index in [1.54, 1.807) is 0 Å². The zero-order valence-electron chi connectivity index (χ0n) is 12.9. The first-order valence-electron chi connectivity index (χ1n) is 8.41. The fourth-order valence-electron chi connectivity index (χ4n) is 5.05. The minimum Gasteiger partial charge on any atom is -0.338 e. The number of carbonyl (C=O) groups excluding carboxylic acids is 2. The summed E-state index contributed by atoms with van der Waals surface area (Å²) < 4.78 is 0. The van der Waals surface area contributed by atoms with Crippen LogP contribution in [0.15, 0.2) is 0 Å². The van der Waals surface area contributed by atoms with Crippen LogP contribution in [0.4, 0.5) is 4.79 Å². The van der Waals surface area contributed by atoms with E-state index in [1.807, 2.05) is 6.92 Å². The summed E-state index contributed by atoms with van der Waals surface area (Å²) in [6.07, 6.45) is 8.70. The third kappa shape index (κ3) is 3.39. The number of imide groups is 1. The molecule has 0 aromatic carbocycles. The van der Waals surface area contributed by atoms with Crippen molar-refractivity contribution in [2.45, 2.75) is 57.4 Å². The number of rotatable bonds is 5. The van der Waals surface area contributed by atoms with Gasteiger partial charge in [0.15, 0.2) is 0 Å². The molecule has 0 heterocycles. The first-order valence-corrected chi connectivity index (χ1v) is 8.41. The lowest BCUT2D eigenvalue weighted by atomic mass is 9.53. The van der Waals surface area contributed by atoms with Gasteiger partial charge in [0.2, 0.25) is 5.91 Å². The monoisotopic (exact) mass is 293 g/mol. The van der Waals surface area contributed by atoms with Crippen molar-refractivity contribution in [3.05, 3.63) is 0 Å². The lowest BCUT2D eigenvalue weighted by molar-refractivity contribution is -0.120. The van der Waals surface area contributed by atoms with E-state index in [0.717, 1.165) is 24.2 Å². The van der Waals surface area contributed by atoms with Crippen molar-refractivity contribution >= 4 is 11.9 Å². The van der Waals surface area contributed by atoms with Crippen LogP contribution in [0.25, 0.3) is 0 Å². The molecule has 3 N–H and O–H groups in total. The van der Waals surface area contributed by atoms with Gasteiger partial charge in [0, 0.05) is 12.1 Å². The van der Waals surface area contributed by atoms with Crippen LogP contribution in [0.3, 0.4) is 0 Å². The van der Waals surface area contributed by atoms with Gasteiger partial charge in [-0.3, -0.25) is 10.1 Å². The molecule has 4 aliphatic rings. The van der Waals surface area contributed by atoms with E-state index in [4.69, 9.17) is 0 Å². The molecule has 4 fully saturated rings. The smallest absolute Gasteiger partial charge is 0.321 e. The highest BCUT2D eigenvalue weighted by Gasteiger charge is 2.50. The third-order valence-electron chi connectivity index (χ3n) is 5.45. The van der Waals surface area contributed by atoms with Crippen LogP contribution in [0, 0.1) is 17.8 Å². The molecule has 4 saturated carbocycles. The Morgan fingerprint density at radius 2 is 1.62 bits per heavy atom. The largest absolute Gasteiger partial charge is 0.338 e. The second-order valence-corrected chi connectivity index (χ2v) is 7.36. The Morgan fingerprint density at radius 3 is 2.14 bits per heavy atom. The quantitative estimate of drug-likeness (QED) is 0.723. The van der Waals surface area contributed by atoms with Gasteiger partial charge in [-0.2, -0.15) is 0 Å². The lowest BCUT2D eigenvalue weighted by Crippen LogP contribution is -2.60. The number of nitrogens with one attached hydrogen (secondary N) is 3. The number of hydrogen-bond acceptors (Lipinski definition) is 3. The van der Waals surface area contributed by atoms with Gasteiger partial charge in [-0.25, -0.2) is 4.79 Å². The molecule has 0 aromatic heterocycles. The van der Waals surface area contributed by atoms with E-state index in [1.165, 1.54) is 38.5 Å². The summed E-state index contributed by atoms with van der Waals surface area (Å²) in [5.74, 6) is 2.36. The Kier molecular flexibility index (Phi) is 4.20. The summed E-state index contributed by atoms with van der Waals surface area (Å²) in [6.45, 7) is 2.84. The Balaban J connectivity index is 1.46. The van der Waals surface area contributed by atoms with Gasteiger partial charge in [0.05, 0.1) is 6.54 Å². The summed E-state index contributed by atoms with van der Waals surface area (Å²) in [5, 5.41) is 8.55. The molecule has 21 heavy (non-hydrogen) atoms. The minimum atomic E-state index is -0.380. The van der Waals surface area contributed by atoms with Gasteiger partial charge >= 0.3 is 6.03 Å². The Bertz CT molecular complexity index is 386. The van der Waals surface area contributed by atoms with E-state index in [-0.39, 0.29) is 24.0 Å². The predicted molar refractivity (Wildman–Crippen MR) is 80.7 cm³/mol. The van der Waals surface area contributed by atoms with Crippen molar-refractivity contribution in [2.75, 3.05) is 13.1 Å². The molecule has 0 spiro atoms. The number of urea groups is 1. The Morgan fingerprint density at radius 1 is 1.05 bits per heavy atom. The SMILES string of the molecule is CCCNC(=O)NC(=O)CNC12CC3CC(CC(C3)C1)C2. The van der Waals surface area contributed by atoms with Crippen LogP contribution >= 0.6 is 0 Å². The van der Waals surface area contributed by atoms with Crippen molar-refractivity contribution < 1.29 is 9.59 Å². The molecular weight excluding hydrogens is 266 g/mol. The van der Waals surface area contributed by atoms with E-state index >= 15 is 0 Å². The third-order valence-corrected chi connectivity index (χ3v) is 5.45. The Hall–Kier alpha value is -1.10. The van der Waals surface area contributed by atoms with Crippen LogP contribution < -0.4 is 16.0 Å². The van der Waals surface area contributed by atoms with Gasteiger partial charge in [-0.1, -0.05) is 6.92 Å². The summed E-state index contributed by atoms with van der Waals surface area (Å²) in [5.41, 5.74) is 0.173. The van der Waals surface area contributed by atoms with Gasteiger partial charge < -0.3 is 10.6 Å². The van der Waals surface area contributed by atoms with Gasteiger partial charge in [0.1, 0.15) is 0 Å². The number of carbonyl (C=O) groups is 2. The fourth-order valence-corrected chi connectivity index (χ4v) is 5.05. The maximum absolute atomic E-state index is 11.9. The Labute approximate surface area is 126 Å². The zero-order valence-corrected chi connectivity index (χ0v) is 12.9. The highest BCUT2D eigenvalue weighted by Crippen LogP contribution is 2.55. The minimum absolute atomic E-state index is 0.173. The van der Waals surface area contributed by atoms with Crippen molar-refractivity contribution in [1.29, 1.82) is 0 Å². The summed E-state index contributed by atoms with van der Waals surface area (Å²) in [7, 11) is 0. The first-order chi connectivity index (χ1) is 10.1. The van der Waals surface area contributed by atoms with Gasteiger partial charge in [0.25, 0.3) is 0 Å². The molecule has 0 radical (unpaired) electrons. The summed E-state index contributed by atoms with van der Waals surface area (Å²) in [4.78, 5) is 23.3. The van der Waals surface area contributed by atoms with Crippen molar-refractivity contribution in [3.8, 4) is 0 Å². The molecule has 0 aromatic rings. The number of hydrogen-bond donors (Lipinski definition) is 3. The maximum Gasteiger partial charge on any atom is 0.321 e. The van der Waals surface area contributed by atoms with E-state index in [2.05, 4.69) is 16.0 Å². The second-order valence-electron chi connectivity index (χ2n) is 7.36. The predicted octanol–water partition coefficient (Wildman–Crippen LogP) is 1.78. The standard InChI is InChI=1S/C16H27N3O2/c1-2-3-17-15(21)19-14(20)10-18-16-7-11-4-12(8-16)6-13(5-11)9-16/h11-13,18H,2-10H2,1H3,(H2,17,19,20,21). The fraction of sp³-hybridized carbons (Fsp3) is 0.875. The van der Waals surface area contributed by atoms with E-state index in [9.17, 15) is 9.59 Å². The topological polar surface area (TPSA) is 70.2 Å².